The molecule has 0 aliphatic rings. The van der Waals surface area contributed by atoms with Crippen LogP contribution in [-0.4, -0.2) is 124 Å². The molecule has 1 amide bonds. The molecule has 0 spiro atoms. The number of fused-ring (bicyclic) bond motifs is 2. The van der Waals surface area contributed by atoms with Gasteiger partial charge < -0.3 is 21.1 Å². The average Bonchev–Trinajstić information content (AvgIpc) is 3.20. The van der Waals surface area contributed by atoms with E-state index >= 15 is 0 Å². The highest BCUT2D eigenvalue weighted by atomic mass is 32.3. The number of azo groups is 1. The maximum Gasteiger partial charge on any atom is 0.397 e. The third-order valence-corrected chi connectivity index (χ3v) is 14.6. The second kappa shape index (κ2) is 19.1. The second-order valence-electron chi connectivity index (χ2n) is 13.7. The van der Waals surface area contributed by atoms with Gasteiger partial charge in [0.05, 0.1) is 28.7 Å². The minimum Gasteiger partial charge on any atom is -0.505 e. The quantitative estimate of drug-likeness (QED) is 0.0441. The van der Waals surface area contributed by atoms with Crippen LogP contribution >= 0.6 is 0 Å². The summed E-state index contributed by atoms with van der Waals surface area (Å²) in [6.45, 7) is -1.34. The van der Waals surface area contributed by atoms with E-state index in [0.29, 0.717) is 18.2 Å². The Morgan fingerprint density at radius 2 is 1.32 bits per heavy atom. The fourth-order valence-electron chi connectivity index (χ4n) is 6.21. The zero-order valence-electron chi connectivity index (χ0n) is 33.7. The highest BCUT2D eigenvalue weighted by Crippen LogP contribution is 2.46. The van der Waals surface area contributed by atoms with Crippen LogP contribution in [0, 0.1) is 6.08 Å². The van der Waals surface area contributed by atoms with E-state index in [9.17, 15) is 83.0 Å². The molecular formula is C34H29FN8O20S6. The molecule has 9 N–H and O–H groups in total. The van der Waals surface area contributed by atoms with Gasteiger partial charge in [-0.25, -0.2) is 12.6 Å². The van der Waals surface area contributed by atoms with Crippen molar-refractivity contribution in [2.75, 3.05) is 35.3 Å². The lowest BCUT2D eigenvalue weighted by Crippen LogP contribution is -2.30. The monoisotopic (exact) mass is 1080 g/mol. The Morgan fingerprint density at radius 1 is 0.667 bits per heavy atom. The van der Waals surface area contributed by atoms with Gasteiger partial charge in [0.15, 0.2) is 15.6 Å². The second-order valence-corrected chi connectivity index (χ2v) is 22.7. The summed E-state index contributed by atoms with van der Waals surface area (Å²) >= 11 is 0. The van der Waals surface area contributed by atoms with Crippen LogP contribution in [-0.2, 0) is 64.9 Å². The van der Waals surface area contributed by atoms with E-state index in [2.05, 4.69) is 45.3 Å². The number of nitrogens with one attached hydrogen (secondary N) is 3. The Bertz CT molecular complexity index is 3850. The molecular weight excluding hydrogens is 1050 g/mol. The molecule has 0 radical (unpaired) electrons. The fraction of sp³-hybridized carbons (Fsp3) is 0.118. The topological polar surface area (TPSA) is 452 Å². The number of carbonyl (C=O) groups is 1. The number of rotatable bonds is 18. The summed E-state index contributed by atoms with van der Waals surface area (Å²) in [4.78, 5) is 19.4. The molecule has 69 heavy (non-hydrogen) atoms. The zero-order valence-corrected chi connectivity index (χ0v) is 38.6. The molecule has 0 saturated heterocycles. The summed E-state index contributed by atoms with van der Waals surface area (Å²) in [5.41, 5.74) is -2.79. The molecule has 0 atom stereocenters. The number of carbonyl (C=O) groups excluding carboxylic acids is 1. The molecule has 0 aliphatic heterocycles. The van der Waals surface area contributed by atoms with E-state index < -0.39 is 173 Å². The van der Waals surface area contributed by atoms with Crippen molar-refractivity contribution in [3.63, 3.8) is 0 Å². The van der Waals surface area contributed by atoms with Crippen molar-refractivity contribution >= 4 is 123 Å². The average molecular weight is 1080 g/mol. The van der Waals surface area contributed by atoms with Crippen LogP contribution in [0.4, 0.5) is 39.0 Å². The molecule has 368 valence electrons. The third-order valence-electron chi connectivity index (χ3n) is 9.00. The lowest BCUT2D eigenvalue weighted by Gasteiger charge is -2.15. The van der Waals surface area contributed by atoms with E-state index in [1.807, 2.05) is 0 Å². The SMILES string of the molecule is O=C(NCCS(=O)(=O)CCOS(=O)(=O)O)c1cccc(Nc2nc(F)nc(Nc3cc(S(=O)(=O)O)cc4cc(S(=O)(=O)O)c(N=Nc5ccc6c(S(=O)(=O)O)cccc6c5S(=O)(=O)O)c(O)c34)n2)c1. The molecule has 28 nitrogen and oxygen atoms in total. The first-order valence-electron chi connectivity index (χ1n) is 18.2. The van der Waals surface area contributed by atoms with Crippen molar-refractivity contribution in [2.24, 2.45) is 10.2 Å². The maximum absolute atomic E-state index is 15.0. The van der Waals surface area contributed by atoms with E-state index in [4.69, 9.17) is 4.55 Å². The molecule has 0 aliphatic carbocycles. The summed E-state index contributed by atoms with van der Waals surface area (Å²) in [6, 6.07) is 11.5. The number of nitrogens with zero attached hydrogens (tertiary/aromatic N) is 5. The lowest BCUT2D eigenvalue weighted by atomic mass is 10.1. The fourth-order valence-corrected chi connectivity index (χ4v) is 10.3. The number of halogens is 1. The van der Waals surface area contributed by atoms with Gasteiger partial charge in [-0.3, -0.25) is 27.6 Å². The summed E-state index contributed by atoms with van der Waals surface area (Å²) in [6.07, 6.45) is -1.52. The van der Waals surface area contributed by atoms with Gasteiger partial charge in [-0.2, -0.15) is 61.4 Å². The van der Waals surface area contributed by atoms with Crippen molar-refractivity contribution in [3.05, 3.63) is 84.4 Å². The molecule has 1 heterocycles. The van der Waals surface area contributed by atoms with Gasteiger partial charge in [0.1, 0.15) is 26.1 Å². The Kier molecular flexibility index (Phi) is 14.4. The predicted octanol–water partition coefficient (Wildman–Crippen LogP) is 2.88. The first-order valence-corrected chi connectivity index (χ1v) is 27.1. The number of anilines is 4. The Balaban J connectivity index is 1.37. The number of sulfone groups is 1. The van der Waals surface area contributed by atoms with Crippen LogP contribution in [0.5, 0.6) is 5.75 Å². The first-order chi connectivity index (χ1) is 31.8. The van der Waals surface area contributed by atoms with Crippen molar-refractivity contribution in [1.29, 1.82) is 0 Å². The number of amides is 1. The van der Waals surface area contributed by atoms with Crippen LogP contribution in [0.15, 0.2) is 103 Å². The molecule has 0 fully saturated rings. The van der Waals surface area contributed by atoms with Crippen LogP contribution in [0.2, 0.25) is 0 Å². The molecule has 6 aromatic rings. The number of hydrogen-bond donors (Lipinski definition) is 9. The number of aromatic hydroxyl groups is 1. The molecule has 6 rings (SSSR count). The van der Waals surface area contributed by atoms with Gasteiger partial charge in [-0.15, -0.1) is 10.2 Å². The molecule has 0 unspecified atom stereocenters. The number of phenols is 1. The Morgan fingerprint density at radius 3 is 1.94 bits per heavy atom. The zero-order chi connectivity index (χ0) is 51.1. The minimum atomic E-state index is -5.51. The molecule has 0 saturated carbocycles. The number of aromatic nitrogens is 3. The van der Waals surface area contributed by atoms with Crippen molar-refractivity contribution in [1.82, 2.24) is 20.3 Å². The predicted molar refractivity (Wildman–Crippen MR) is 234 cm³/mol. The highest BCUT2D eigenvalue weighted by Gasteiger charge is 2.28. The van der Waals surface area contributed by atoms with Crippen LogP contribution in [0.3, 0.4) is 0 Å². The van der Waals surface area contributed by atoms with Crippen molar-refractivity contribution < 1.29 is 91.7 Å². The van der Waals surface area contributed by atoms with E-state index in [-0.39, 0.29) is 11.3 Å². The minimum absolute atomic E-state index is 0.000772. The third kappa shape index (κ3) is 12.8. The highest BCUT2D eigenvalue weighted by molar-refractivity contribution is 7.91. The Hall–Kier alpha value is -6.51. The lowest BCUT2D eigenvalue weighted by molar-refractivity contribution is 0.0956. The van der Waals surface area contributed by atoms with Gasteiger partial charge in [0.25, 0.3) is 46.4 Å². The number of benzene rings is 5. The summed E-state index contributed by atoms with van der Waals surface area (Å²) < 4.78 is 212. The first kappa shape index (κ1) is 51.9. The van der Waals surface area contributed by atoms with Gasteiger partial charge in [0, 0.05) is 34.0 Å². The smallest absolute Gasteiger partial charge is 0.397 e. The van der Waals surface area contributed by atoms with Gasteiger partial charge in [-0.1, -0.05) is 24.3 Å². The molecule has 5 aromatic carbocycles. The summed E-state index contributed by atoms with van der Waals surface area (Å²) in [5, 5.41) is 23.9. The normalized spacial score (nSPS) is 13.0. The molecule has 35 heteroatoms. The van der Waals surface area contributed by atoms with Crippen molar-refractivity contribution in [2.45, 2.75) is 19.6 Å². The van der Waals surface area contributed by atoms with E-state index in [1.54, 1.807) is 0 Å². The number of phenolic OH excluding ortho intramolecular Hbond substituents is 1. The standard InChI is InChI=1S/C34H29FN8O20S6/c35-32-39-33(37-19-4-1-3-17(13-19)31(45)36-9-11-64(46,47)12-10-63-69(60,61)62)41-34(40-32)38-24-16-20(65(48,49)50)14-18-15-26(67(54,55)56)28(29(44)27(18)24)43-42-23-8-7-21-22(30(23)68(57,58)59)5-2-6-25(21)66(51,52)53/h1-8,13-16,44H,9-12H2,(H,36,45)(H,48,49,50)(H,51,52,53)(H,54,55,56)(H,57,58,59)(H,60,61,62)(H2,37,38,39,40,41). The maximum atomic E-state index is 15.0. The summed E-state index contributed by atoms with van der Waals surface area (Å²) in [5.74, 6) is -4.99. The number of hydrogen-bond acceptors (Lipinski definition) is 22. The molecule has 1 aromatic heterocycles. The van der Waals surface area contributed by atoms with Crippen LogP contribution < -0.4 is 16.0 Å². The van der Waals surface area contributed by atoms with Crippen LogP contribution in [0.25, 0.3) is 21.5 Å². The van der Waals surface area contributed by atoms with Crippen molar-refractivity contribution in [3.8, 4) is 5.75 Å². The molecule has 0 bridgehead atoms. The largest absolute Gasteiger partial charge is 0.505 e. The van der Waals surface area contributed by atoms with E-state index in [1.165, 1.54) is 24.3 Å². The van der Waals surface area contributed by atoms with E-state index in [0.717, 1.165) is 30.3 Å². The van der Waals surface area contributed by atoms with Gasteiger partial charge in [0.2, 0.25) is 11.9 Å². The van der Waals surface area contributed by atoms with Gasteiger partial charge >= 0.3 is 16.5 Å². The van der Waals surface area contributed by atoms with Crippen LogP contribution in [0.1, 0.15) is 10.4 Å². The Labute approximate surface area is 388 Å². The summed E-state index contributed by atoms with van der Waals surface area (Å²) in [7, 11) is -29.9. The van der Waals surface area contributed by atoms with Gasteiger partial charge in [-0.05, 0) is 53.9 Å².